The Morgan fingerprint density at radius 1 is 1.29 bits per heavy atom. The van der Waals surface area contributed by atoms with Crippen molar-refractivity contribution in [1.82, 2.24) is 9.88 Å². The fraction of sp³-hybridized carbons (Fsp3) is 0.368. The topological polar surface area (TPSA) is 42.4 Å². The number of pyridine rings is 1. The summed E-state index contributed by atoms with van der Waals surface area (Å²) in [4.78, 5) is 18.3. The maximum absolute atomic E-state index is 13.5. The highest BCUT2D eigenvalue weighted by Crippen LogP contribution is 2.21. The number of ether oxygens (including phenoxy) is 1. The molecule has 1 aromatic heterocycles. The molecule has 3 rings (SSSR count). The Labute approximate surface area is 141 Å². The number of carbonyl (C=O) groups is 1. The predicted octanol–water partition coefficient (Wildman–Crippen LogP) is 3.08. The van der Waals surface area contributed by atoms with Crippen LogP contribution in [0.2, 0.25) is 0 Å². The Balaban J connectivity index is 1.52. The minimum Gasteiger partial charge on any atom is -0.481 e. The standard InChI is InChI=1S/C19H21FN2O2/c20-17-7-1-2-8-18(17)24-14-19(23)22-10-4-6-16(13-22)11-15-5-3-9-21-12-15/h1-3,5,7-9,12,16H,4,6,10-11,13-14H2. The van der Waals surface area contributed by atoms with Crippen molar-refractivity contribution in [2.24, 2.45) is 5.92 Å². The fourth-order valence-corrected chi connectivity index (χ4v) is 3.10. The molecule has 1 atom stereocenters. The number of para-hydroxylation sites is 1. The zero-order valence-corrected chi connectivity index (χ0v) is 13.5. The largest absolute Gasteiger partial charge is 0.481 e. The number of likely N-dealkylation sites (tertiary alicyclic amines) is 1. The van der Waals surface area contributed by atoms with E-state index in [4.69, 9.17) is 4.74 Å². The van der Waals surface area contributed by atoms with Gasteiger partial charge in [-0.2, -0.15) is 0 Å². The average Bonchev–Trinajstić information content (AvgIpc) is 2.62. The van der Waals surface area contributed by atoms with Gasteiger partial charge in [-0.15, -0.1) is 0 Å². The highest BCUT2D eigenvalue weighted by Gasteiger charge is 2.24. The van der Waals surface area contributed by atoms with Gasteiger partial charge in [0.25, 0.3) is 5.91 Å². The van der Waals surface area contributed by atoms with Gasteiger partial charge in [0.2, 0.25) is 0 Å². The van der Waals surface area contributed by atoms with Gasteiger partial charge in [0.05, 0.1) is 0 Å². The highest BCUT2D eigenvalue weighted by atomic mass is 19.1. The predicted molar refractivity (Wildman–Crippen MR) is 89.1 cm³/mol. The van der Waals surface area contributed by atoms with Crippen molar-refractivity contribution < 1.29 is 13.9 Å². The van der Waals surface area contributed by atoms with Crippen LogP contribution in [-0.2, 0) is 11.2 Å². The molecule has 2 heterocycles. The Bertz CT molecular complexity index is 678. The number of piperidine rings is 1. The first-order valence-electron chi connectivity index (χ1n) is 8.26. The van der Waals surface area contributed by atoms with E-state index in [1.807, 2.05) is 17.2 Å². The first kappa shape index (κ1) is 16.4. The third kappa shape index (κ3) is 4.31. The summed E-state index contributed by atoms with van der Waals surface area (Å²) in [6.07, 6.45) is 6.65. The van der Waals surface area contributed by atoms with Gasteiger partial charge in [0, 0.05) is 25.5 Å². The lowest BCUT2D eigenvalue weighted by Crippen LogP contribution is -2.42. The Hall–Kier alpha value is -2.43. The molecule has 24 heavy (non-hydrogen) atoms. The second kappa shape index (κ2) is 7.90. The second-order valence-corrected chi connectivity index (χ2v) is 6.13. The molecule has 126 valence electrons. The number of nitrogens with zero attached hydrogens (tertiary/aromatic N) is 2. The third-order valence-corrected chi connectivity index (χ3v) is 4.31. The molecular weight excluding hydrogens is 307 g/mol. The normalized spacial score (nSPS) is 17.5. The van der Waals surface area contributed by atoms with Crippen LogP contribution in [0.4, 0.5) is 4.39 Å². The monoisotopic (exact) mass is 328 g/mol. The van der Waals surface area contributed by atoms with Crippen LogP contribution < -0.4 is 4.74 Å². The van der Waals surface area contributed by atoms with Crippen molar-refractivity contribution in [1.29, 1.82) is 0 Å². The van der Waals surface area contributed by atoms with E-state index < -0.39 is 5.82 Å². The van der Waals surface area contributed by atoms with E-state index in [1.54, 1.807) is 18.3 Å². The molecule has 5 heteroatoms. The molecule has 0 N–H and O–H groups in total. The van der Waals surface area contributed by atoms with Crippen molar-refractivity contribution >= 4 is 5.91 Å². The van der Waals surface area contributed by atoms with Gasteiger partial charge < -0.3 is 9.64 Å². The molecule has 0 bridgehead atoms. The maximum Gasteiger partial charge on any atom is 0.260 e. The molecule has 0 saturated carbocycles. The van der Waals surface area contributed by atoms with Gasteiger partial charge in [-0.3, -0.25) is 9.78 Å². The highest BCUT2D eigenvalue weighted by molar-refractivity contribution is 5.77. The molecule has 1 unspecified atom stereocenters. The summed E-state index contributed by atoms with van der Waals surface area (Å²) in [5.41, 5.74) is 1.19. The quantitative estimate of drug-likeness (QED) is 0.847. The number of amides is 1. The first-order valence-corrected chi connectivity index (χ1v) is 8.26. The van der Waals surface area contributed by atoms with Crippen LogP contribution >= 0.6 is 0 Å². The van der Waals surface area contributed by atoms with Gasteiger partial charge in [0.15, 0.2) is 18.2 Å². The Morgan fingerprint density at radius 3 is 2.96 bits per heavy atom. The third-order valence-electron chi connectivity index (χ3n) is 4.31. The second-order valence-electron chi connectivity index (χ2n) is 6.13. The van der Waals surface area contributed by atoms with E-state index in [9.17, 15) is 9.18 Å². The molecule has 1 fully saturated rings. The first-order chi connectivity index (χ1) is 11.7. The molecule has 2 aromatic rings. The van der Waals surface area contributed by atoms with E-state index in [0.717, 1.165) is 25.8 Å². The lowest BCUT2D eigenvalue weighted by Gasteiger charge is -2.32. The van der Waals surface area contributed by atoms with Crippen LogP contribution in [0.5, 0.6) is 5.75 Å². The lowest BCUT2D eigenvalue weighted by atomic mass is 9.92. The number of carbonyl (C=O) groups excluding carboxylic acids is 1. The SMILES string of the molecule is O=C(COc1ccccc1F)N1CCCC(Cc2cccnc2)C1. The molecule has 1 aliphatic heterocycles. The Kier molecular flexibility index (Phi) is 5.41. The van der Waals surface area contributed by atoms with E-state index in [0.29, 0.717) is 12.5 Å². The summed E-state index contributed by atoms with van der Waals surface area (Å²) < 4.78 is 18.9. The number of hydrogen-bond donors (Lipinski definition) is 0. The summed E-state index contributed by atoms with van der Waals surface area (Å²) in [5.74, 6) is 0.0164. The van der Waals surface area contributed by atoms with Crippen molar-refractivity contribution in [2.45, 2.75) is 19.3 Å². The van der Waals surface area contributed by atoms with E-state index in [-0.39, 0.29) is 18.3 Å². The number of benzene rings is 1. The van der Waals surface area contributed by atoms with E-state index in [2.05, 4.69) is 11.1 Å². The molecule has 1 amide bonds. The van der Waals surface area contributed by atoms with Crippen molar-refractivity contribution in [3.05, 3.63) is 60.2 Å². The molecular formula is C19H21FN2O2. The molecule has 0 spiro atoms. The summed E-state index contributed by atoms with van der Waals surface area (Å²) in [7, 11) is 0. The summed E-state index contributed by atoms with van der Waals surface area (Å²) in [6, 6.07) is 10.1. The van der Waals surface area contributed by atoms with E-state index in [1.165, 1.54) is 17.7 Å². The molecule has 0 radical (unpaired) electrons. The fourth-order valence-electron chi connectivity index (χ4n) is 3.10. The summed E-state index contributed by atoms with van der Waals surface area (Å²) in [5, 5.41) is 0. The van der Waals surface area contributed by atoms with Gasteiger partial charge in [0.1, 0.15) is 0 Å². The molecule has 1 aliphatic rings. The lowest BCUT2D eigenvalue weighted by molar-refractivity contribution is -0.135. The molecule has 0 aliphatic carbocycles. The number of hydrogen-bond acceptors (Lipinski definition) is 3. The van der Waals surface area contributed by atoms with Gasteiger partial charge in [-0.05, 0) is 48.9 Å². The van der Waals surface area contributed by atoms with Gasteiger partial charge in [-0.25, -0.2) is 4.39 Å². The Morgan fingerprint density at radius 2 is 2.17 bits per heavy atom. The van der Waals surface area contributed by atoms with Crippen LogP contribution in [0.3, 0.4) is 0 Å². The van der Waals surface area contributed by atoms with Gasteiger partial charge in [-0.1, -0.05) is 18.2 Å². The number of rotatable bonds is 5. The average molecular weight is 328 g/mol. The molecule has 4 nitrogen and oxygen atoms in total. The van der Waals surface area contributed by atoms with Crippen molar-refractivity contribution in [3.63, 3.8) is 0 Å². The van der Waals surface area contributed by atoms with Crippen LogP contribution in [0.1, 0.15) is 18.4 Å². The van der Waals surface area contributed by atoms with Crippen molar-refractivity contribution in [3.8, 4) is 5.75 Å². The van der Waals surface area contributed by atoms with Crippen molar-refractivity contribution in [2.75, 3.05) is 19.7 Å². The van der Waals surface area contributed by atoms with Crippen LogP contribution in [0.15, 0.2) is 48.8 Å². The van der Waals surface area contributed by atoms with Crippen LogP contribution in [-0.4, -0.2) is 35.5 Å². The minimum absolute atomic E-state index is 0.0888. The molecule has 1 aromatic carbocycles. The van der Waals surface area contributed by atoms with E-state index >= 15 is 0 Å². The zero-order valence-electron chi connectivity index (χ0n) is 13.5. The summed E-state index contributed by atoms with van der Waals surface area (Å²) >= 11 is 0. The minimum atomic E-state index is -0.446. The summed E-state index contributed by atoms with van der Waals surface area (Å²) in [6.45, 7) is 1.33. The molecule has 1 saturated heterocycles. The van der Waals surface area contributed by atoms with Gasteiger partial charge >= 0.3 is 0 Å². The number of aromatic nitrogens is 1. The smallest absolute Gasteiger partial charge is 0.260 e. The van der Waals surface area contributed by atoms with Crippen LogP contribution in [0.25, 0.3) is 0 Å². The number of halogens is 1. The van der Waals surface area contributed by atoms with Crippen LogP contribution in [0, 0.1) is 11.7 Å². The zero-order chi connectivity index (χ0) is 16.8. The maximum atomic E-state index is 13.5.